The van der Waals surface area contributed by atoms with E-state index < -0.39 is 5.97 Å². The van der Waals surface area contributed by atoms with E-state index in [-0.39, 0.29) is 10.9 Å². The van der Waals surface area contributed by atoms with Crippen molar-refractivity contribution in [2.45, 2.75) is 50.1 Å². The largest absolute Gasteiger partial charge is 0.480 e. The minimum atomic E-state index is -0.709. The lowest BCUT2D eigenvalue weighted by Crippen LogP contribution is -2.45. The van der Waals surface area contributed by atoms with Crippen LogP contribution in [0.15, 0.2) is 0 Å². The van der Waals surface area contributed by atoms with Crippen LogP contribution in [0.3, 0.4) is 0 Å². The average Bonchev–Trinajstić information content (AvgIpc) is 2.55. The summed E-state index contributed by atoms with van der Waals surface area (Å²) in [5.74, 6) is -0.00358. The molecule has 17 heavy (non-hydrogen) atoms. The molecule has 0 bridgehead atoms. The van der Waals surface area contributed by atoms with Crippen LogP contribution in [-0.4, -0.2) is 51.8 Å². The molecular weight excluding hydrogens is 236 g/mol. The summed E-state index contributed by atoms with van der Waals surface area (Å²) in [4.78, 5) is 13.5. The second-order valence-electron chi connectivity index (χ2n) is 5.32. The third-order valence-electron chi connectivity index (χ3n) is 3.82. The number of nitrogens with zero attached hydrogens (tertiary/aromatic N) is 1. The fourth-order valence-electron chi connectivity index (χ4n) is 2.71. The van der Waals surface area contributed by atoms with Crippen LogP contribution in [0.5, 0.6) is 0 Å². The number of hydrogen-bond acceptors (Lipinski definition) is 4. The molecule has 2 fully saturated rings. The first kappa shape index (κ1) is 13.2. The second kappa shape index (κ2) is 5.16. The number of carboxylic acid groups (broad SMARTS) is 1. The molecule has 2 atom stereocenters. The molecule has 2 N–H and O–H groups in total. The standard InChI is InChI=1S/C12H22N2O2S/c1-9(2)14-6-3-4-12(5-7-14)13-10(8-17-12)11(15)16/h9-10,13H,3-8H2,1-2H3,(H,15,16)/t10-,12?/m1/s1. The highest BCUT2D eigenvalue weighted by Crippen LogP contribution is 2.39. The van der Waals surface area contributed by atoms with E-state index in [1.54, 1.807) is 0 Å². The van der Waals surface area contributed by atoms with Crippen molar-refractivity contribution in [1.82, 2.24) is 10.2 Å². The van der Waals surface area contributed by atoms with E-state index in [4.69, 9.17) is 5.11 Å². The van der Waals surface area contributed by atoms with Crippen molar-refractivity contribution in [3.8, 4) is 0 Å². The number of thioether (sulfide) groups is 1. The lowest BCUT2D eigenvalue weighted by Gasteiger charge is -2.28. The molecule has 2 aliphatic rings. The molecule has 2 heterocycles. The van der Waals surface area contributed by atoms with Crippen LogP contribution >= 0.6 is 11.8 Å². The van der Waals surface area contributed by atoms with Gasteiger partial charge in [-0.15, -0.1) is 11.8 Å². The van der Waals surface area contributed by atoms with Crippen molar-refractivity contribution in [1.29, 1.82) is 0 Å². The molecule has 0 aromatic heterocycles. The first-order valence-corrected chi connectivity index (χ1v) is 7.39. The van der Waals surface area contributed by atoms with Crippen molar-refractivity contribution >= 4 is 17.7 Å². The average molecular weight is 258 g/mol. The maximum atomic E-state index is 11.0. The van der Waals surface area contributed by atoms with E-state index in [1.165, 1.54) is 0 Å². The zero-order valence-electron chi connectivity index (χ0n) is 10.6. The lowest BCUT2D eigenvalue weighted by molar-refractivity contribution is -0.138. The van der Waals surface area contributed by atoms with E-state index in [0.29, 0.717) is 11.8 Å². The van der Waals surface area contributed by atoms with Gasteiger partial charge in [-0.3, -0.25) is 10.1 Å². The van der Waals surface area contributed by atoms with Gasteiger partial charge in [-0.05, 0) is 39.7 Å². The Morgan fingerprint density at radius 1 is 1.47 bits per heavy atom. The maximum Gasteiger partial charge on any atom is 0.321 e. The number of carboxylic acids is 1. The van der Waals surface area contributed by atoms with Gasteiger partial charge in [-0.2, -0.15) is 0 Å². The van der Waals surface area contributed by atoms with Gasteiger partial charge >= 0.3 is 5.97 Å². The summed E-state index contributed by atoms with van der Waals surface area (Å²) in [6, 6.07) is 0.234. The zero-order chi connectivity index (χ0) is 12.5. The summed E-state index contributed by atoms with van der Waals surface area (Å²) in [5.41, 5.74) is 0. The van der Waals surface area contributed by atoms with Crippen LogP contribution in [0.4, 0.5) is 0 Å². The Labute approximate surface area is 107 Å². The van der Waals surface area contributed by atoms with Gasteiger partial charge in [0.2, 0.25) is 0 Å². The third-order valence-corrected chi connectivity index (χ3v) is 5.40. The van der Waals surface area contributed by atoms with Gasteiger partial charge in [-0.1, -0.05) is 0 Å². The Hall–Kier alpha value is -0.260. The maximum absolute atomic E-state index is 11.0. The Morgan fingerprint density at radius 3 is 2.82 bits per heavy atom. The van der Waals surface area contributed by atoms with Crippen molar-refractivity contribution in [3.63, 3.8) is 0 Å². The number of likely N-dealkylation sites (tertiary alicyclic amines) is 1. The van der Waals surface area contributed by atoms with Crippen molar-refractivity contribution < 1.29 is 9.90 Å². The van der Waals surface area contributed by atoms with Gasteiger partial charge in [0.15, 0.2) is 0 Å². The van der Waals surface area contributed by atoms with E-state index in [2.05, 4.69) is 24.1 Å². The molecule has 1 spiro atoms. The van der Waals surface area contributed by atoms with Crippen LogP contribution in [0, 0.1) is 0 Å². The summed E-state index contributed by atoms with van der Waals surface area (Å²) in [7, 11) is 0. The fourth-order valence-corrected chi connectivity index (χ4v) is 4.17. The molecule has 4 nitrogen and oxygen atoms in total. The molecule has 0 aliphatic carbocycles. The molecular formula is C12H22N2O2S. The topological polar surface area (TPSA) is 52.6 Å². The molecule has 2 aliphatic heterocycles. The van der Waals surface area contributed by atoms with Gasteiger partial charge in [-0.25, -0.2) is 0 Å². The minimum absolute atomic E-state index is 0.0205. The quantitative estimate of drug-likeness (QED) is 0.783. The molecule has 0 aromatic carbocycles. The Balaban J connectivity index is 1.97. The predicted molar refractivity (Wildman–Crippen MR) is 70.3 cm³/mol. The first-order chi connectivity index (χ1) is 8.02. The molecule has 0 aromatic rings. The molecule has 2 saturated heterocycles. The Bertz CT molecular complexity index is 298. The predicted octanol–water partition coefficient (Wildman–Crippen LogP) is 1.37. The normalized spacial score (nSPS) is 35.4. The molecule has 2 rings (SSSR count). The van der Waals surface area contributed by atoms with Crippen LogP contribution in [-0.2, 0) is 4.79 Å². The number of rotatable bonds is 2. The van der Waals surface area contributed by atoms with Crippen LogP contribution < -0.4 is 5.32 Å². The Kier molecular flexibility index (Phi) is 4.00. The fraction of sp³-hybridized carbons (Fsp3) is 0.917. The number of nitrogens with one attached hydrogen (secondary N) is 1. The summed E-state index contributed by atoms with van der Waals surface area (Å²) < 4.78 is 0. The Morgan fingerprint density at radius 2 is 2.24 bits per heavy atom. The molecule has 1 unspecified atom stereocenters. The summed E-state index contributed by atoms with van der Waals surface area (Å²) in [6.07, 6.45) is 3.30. The van der Waals surface area contributed by atoms with E-state index in [1.807, 2.05) is 11.8 Å². The van der Waals surface area contributed by atoms with E-state index >= 15 is 0 Å². The lowest BCUT2D eigenvalue weighted by atomic mass is 10.1. The van der Waals surface area contributed by atoms with Crippen molar-refractivity contribution in [2.75, 3.05) is 18.8 Å². The highest BCUT2D eigenvalue weighted by molar-refractivity contribution is 8.00. The first-order valence-electron chi connectivity index (χ1n) is 6.41. The highest BCUT2D eigenvalue weighted by Gasteiger charge is 2.42. The SMILES string of the molecule is CC(C)N1CCCC2(CC1)N[C@@H](C(=O)O)CS2. The molecule has 5 heteroatoms. The van der Waals surface area contributed by atoms with Crippen molar-refractivity contribution in [3.05, 3.63) is 0 Å². The zero-order valence-corrected chi connectivity index (χ0v) is 11.4. The monoisotopic (exact) mass is 258 g/mol. The van der Waals surface area contributed by atoms with Crippen molar-refractivity contribution in [2.24, 2.45) is 0 Å². The number of aliphatic carboxylic acids is 1. The number of hydrogen-bond donors (Lipinski definition) is 2. The van der Waals surface area contributed by atoms with Gasteiger partial charge in [0.1, 0.15) is 6.04 Å². The third kappa shape index (κ3) is 2.95. The minimum Gasteiger partial charge on any atom is -0.480 e. The van der Waals surface area contributed by atoms with Gasteiger partial charge < -0.3 is 10.0 Å². The van der Waals surface area contributed by atoms with E-state index in [0.717, 1.165) is 32.4 Å². The summed E-state index contributed by atoms with van der Waals surface area (Å²) >= 11 is 1.81. The van der Waals surface area contributed by atoms with Crippen LogP contribution in [0.1, 0.15) is 33.1 Å². The van der Waals surface area contributed by atoms with E-state index in [9.17, 15) is 4.79 Å². The molecule has 0 saturated carbocycles. The molecule has 0 radical (unpaired) electrons. The number of carbonyl (C=O) groups is 1. The van der Waals surface area contributed by atoms with Gasteiger partial charge in [0.05, 0.1) is 4.87 Å². The summed E-state index contributed by atoms with van der Waals surface area (Å²) in [6.45, 7) is 6.67. The van der Waals surface area contributed by atoms with Gasteiger partial charge in [0, 0.05) is 18.3 Å². The smallest absolute Gasteiger partial charge is 0.321 e. The van der Waals surface area contributed by atoms with Gasteiger partial charge in [0.25, 0.3) is 0 Å². The molecule has 0 amide bonds. The second-order valence-corrected chi connectivity index (χ2v) is 6.73. The molecule has 98 valence electrons. The van der Waals surface area contributed by atoms with Crippen LogP contribution in [0.25, 0.3) is 0 Å². The highest BCUT2D eigenvalue weighted by atomic mass is 32.2. The summed E-state index contributed by atoms with van der Waals surface area (Å²) in [5, 5.41) is 12.4. The van der Waals surface area contributed by atoms with Crippen LogP contribution in [0.2, 0.25) is 0 Å².